The molecule has 27 heavy (non-hydrogen) atoms. The highest BCUT2D eigenvalue weighted by Crippen LogP contribution is 2.22. The Morgan fingerprint density at radius 3 is 2.59 bits per heavy atom. The maximum Gasteiger partial charge on any atom is 0.408 e. The molecule has 0 radical (unpaired) electrons. The van der Waals surface area contributed by atoms with E-state index in [0.29, 0.717) is 17.2 Å². The largest absolute Gasteiger partial charge is 0.480 e. The van der Waals surface area contributed by atoms with Gasteiger partial charge in [0, 0.05) is 23.2 Å². The van der Waals surface area contributed by atoms with E-state index >= 15 is 0 Å². The number of carbonyl (C=O) groups excluding carboxylic acids is 1. The minimum atomic E-state index is -1.15. The first-order chi connectivity index (χ1) is 12.6. The highest BCUT2D eigenvalue weighted by atomic mass is 79.9. The van der Waals surface area contributed by atoms with E-state index in [2.05, 4.69) is 26.2 Å². The number of rotatable bonds is 6. The molecule has 0 saturated carbocycles. The third-order valence-corrected chi connectivity index (χ3v) is 3.72. The number of halogens is 1. The third-order valence-electron chi connectivity index (χ3n) is 3.25. The zero-order valence-electron chi connectivity index (χ0n) is 15.2. The molecule has 2 N–H and O–H groups in total. The minimum Gasteiger partial charge on any atom is -0.480 e. The van der Waals surface area contributed by atoms with Crippen LogP contribution < -0.4 is 10.1 Å². The lowest BCUT2D eigenvalue weighted by Crippen LogP contribution is -2.44. The van der Waals surface area contributed by atoms with Gasteiger partial charge in [-0.05, 0) is 60.5 Å². The number of aromatic nitrogens is 1. The maximum absolute atomic E-state index is 11.9. The molecular weight excluding hydrogens is 416 g/mol. The topological polar surface area (TPSA) is 97.8 Å². The van der Waals surface area contributed by atoms with E-state index in [9.17, 15) is 14.7 Å². The zero-order valence-corrected chi connectivity index (χ0v) is 16.8. The maximum atomic E-state index is 11.9. The van der Waals surface area contributed by atoms with Crippen molar-refractivity contribution in [1.82, 2.24) is 10.3 Å². The molecule has 0 aliphatic rings. The number of carboxylic acid groups (broad SMARTS) is 1. The fraction of sp³-hybridized carbons (Fsp3) is 0.316. The molecule has 144 valence electrons. The molecular formula is C19H21BrN2O5. The number of hydrogen-bond donors (Lipinski definition) is 2. The van der Waals surface area contributed by atoms with Crippen molar-refractivity contribution in [3.63, 3.8) is 0 Å². The lowest BCUT2D eigenvalue weighted by Gasteiger charge is -2.22. The highest BCUT2D eigenvalue weighted by Gasteiger charge is 2.24. The number of carboxylic acids is 1. The van der Waals surface area contributed by atoms with Crippen LogP contribution in [-0.4, -0.2) is 33.8 Å². The number of amides is 1. The van der Waals surface area contributed by atoms with Crippen LogP contribution in [0, 0.1) is 0 Å². The van der Waals surface area contributed by atoms with Crippen LogP contribution in [0.3, 0.4) is 0 Å². The lowest BCUT2D eigenvalue weighted by molar-refractivity contribution is -0.139. The first kappa shape index (κ1) is 20.7. The molecule has 0 saturated heterocycles. The van der Waals surface area contributed by atoms with Crippen molar-refractivity contribution in [3.8, 4) is 11.6 Å². The Morgan fingerprint density at radius 2 is 2.00 bits per heavy atom. The molecule has 2 aromatic rings. The van der Waals surface area contributed by atoms with E-state index in [0.717, 1.165) is 4.47 Å². The van der Waals surface area contributed by atoms with Crippen LogP contribution in [0.4, 0.5) is 4.79 Å². The Kier molecular flexibility index (Phi) is 6.79. The summed E-state index contributed by atoms with van der Waals surface area (Å²) in [5, 5.41) is 11.8. The molecule has 0 aliphatic heterocycles. The van der Waals surface area contributed by atoms with Crippen molar-refractivity contribution in [2.45, 2.75) is 38.8 Å². The summed E-state index contributed by atoms with van der Waals surface area (Å²) in [4.78, 5) is 27.5. The molecule has 1 heterocycles. The molecule has 1 atom stereocenters. The molecule has 1 aromatic carbocycles. The summed E-state index contributed by atoms with van der Waals surface area (Å²) in [7, 11) is 0. The van der Waals surface area contributed by atoms with E-state index in [1.807, 2.05) is 0 Å². The smallest absolute Gasteiger partial charge is 0.408 e. The van der Waals surface area contributed by atoms with Gasteiger partial charge in [-0.1, -0.05) is 12.1 Å². The summed E-state index contributed by atoms with van der Waals surface area (Å²) in [5.74, 6) is -0.220. The van der Waals surface area contributed by atoms with Crippen LogP contribution in [0.1, 0.15) is 26.3 Å². The van der Waals surface area contributed by atoms with Gasteiger partial charge in [0.2, 0.25) is 5.88 Å². The molecule has 8 heteroatoms. The van der Waals surface area contributed by atoms with Crippen LogP contribution in [-0.2, 0) is 16.0 Å². The summed E-state index contributed by atoms with van der Waals surface area (Å²) in [6.07, 6.45) is 0.922. The van der Waals surface area contributed by atoms with Gasteiger partial charge in [0.25, 0.3) is 0 Å². The number of aliphatic carboxylic acids is 1. The van der Waals surface area contributed by atoms with Crippen molar-refractivity contribution >= 4 is 28.0 Å². The number of alkyl carbamates (subject to hydrolysis) is 1. The van der Waals surface area contributed by atoms with Crippen molar-refractivity contribution in [2.24, 2.45) is 0 Å². The number of benzene rings is 1. The van der Waals surface area contributed by atoms with Gasteiger partial charge in [-0.25, -0.2) is 14.6 Å². The van der Waals surface area contributed by atoms with Gasteiger partial charge in [-0.2, -0.15) is 0 Å². The first-order valence-corrected chi connectivity index (χ1v) is 9.02. The fourth-order valence-electron chi connectivity index (χ4n) is 2.16. The Morgan fingerprint density at radius 1 is 1.26 bits per heavy atom. The molecule has 0 unspecified atom stereocenters. The minimum absolute atomic E-state index is 0.0829. The van der Waals surface area contributed by atoms with E-state index in [-0.39, 0.29) is 6.42 Å². The third kappa shape index (κ3) is 7.26. The molecule has 1 amide bonds. The van der Waals surface area contributed by atoms with Crippen molar-refractivity contribution in [3.05, 3.63) is 52.6 Å². The second kappa shape index (κ2) is 8.85. The fourth-order valence-corrected chi connectivity index (χ4v) is 2.40. The van der Waals surface area contributed by atoms with E-state index in [1.54, 1.807) is 63.4 Å². The predicted octanol–water partition coefficient (Wildman–Crippen LogP) is 4.16. The number of ether oxygens (including phenoxy) is 2. The van der Waals surface area contributed by atoms with E-state index in [1.165, 1.54) is 0 Å². The van der Waals surface area contributed by atoms with Gasteiger partial charge in [0.05, 0.1) is 0 Å². The standard InChI is InChI=1S/C19H21BrN2O5/c1-19(2,3)27-18(25)22-15(17(23)24)10-12-5-4-6-14(9-12)26-16-8-7-13(20)11-21-16/h4-9,11,15H,10H2,1-3H3,(H,22,25)(H,23,24)/t15-/m0/s1. The summed E-state index contributed by atoms with van der Waals surface area (Å²) in [6.45, 7) is 5.12. The Labute approximate surface area is 165 Å². The molecule has 2 rings (SSSR count). The number of nitrogens with zero attached hydrogens (tertiary/aromatic N) is 1. The van der Waals surface area contributed by atoms with Crippen LogP contribution >= 0.6 is 15.9 Å². The summed E-state index contributed by atoms with van der Waals surface area (Å²) >= 11 is 3.30. The summed E-state index contributed by atoms with van der Waals surface area (Å²) < 4.78 is 11.6. The number of carbonyl (C=O) groups is 2. The van der Waals surface area contributed by atoms with Crippen LogP contribution in [0.5, 0.6) is 11.6 Å². The summed E-state index contributed by atoms with van der Waals surface area (Å²) in [5.41, 5.74) is -0.0217. The predicted molar refractivity (Wildman–Crippen MR) is 103 cm³/mol. The van der Waals surface area contributed by atoms with Gasteiger partial charge in [0.1, 0.15) is 17.4 Å². The normalized spacial score (nSPS) is 12.1. The number of nitrogens with one attached hydrogen (secondary N) is 1. The Bertz CT molecular complexity index is 802. The van der Waals surface area contributed by atoms with Crippen LogP contribution in [0.2, 0.25) is 0 Å². The van der Waals surface area contributed by atoms with Gasteiger partial charge in [-0.15, -0.1) is 0 Å². The summed E-state index contributed by atoms with van der Waals surface area (Å²) in [6, 6.07) is 9.34. The quantitative estimate of drug-likeness (QED) is 0.705. The molecule has 0 spiro atoms. The van der Waals surface area contributed by atoms with Crippen molar-refractivity contribution in [2.75, 3.05) is 0 Å². The van der Waals surface area contributed by atoms with E-state index < -0.39 is 23.7 Å². The SMILES string of the molecule is CC(C)(C)OC(=O)N[C@@H](Cc1cccc(Oc2ccc(Br)cn2)c1)C(=O)O. The second-order valence-electron chi connectivity index (χ2n) is 6.81. The average Bonchev–Trinajstić information content (AvgIpc) is 2.55. The molecule has 0 fully saturated rings. The Balaban J connectivity index is 2.06. The molecule has 0 bridgehead atoms. The van der Waals surface area contributed by atoms with Crippen LogP contribution in [0.15, 0.2) is 47.1 Å². The van der Waals surface area contributed by atoms with Crippen LogP contribution in [0.25, 0.3) is 0 Å². The lowest BCUT2D eigenvalue weighted by atomic mass is 10.1. The van der Waals surface area contributed by atoms with E-state index in [4.69, 9.17) is 9.47 Å². The van der Waals surface area contributed by atoms with Gasteiger partial charge in [0.15, 0.2) is 0 Å². The monoisotopic (exact) mass is 436 g/mol. The molecule has 7 nitrogen and oxygen atoms in total. The number of hydrogen-bond acceptors (Lipinski definition) is 5. The van der Waals surface area contributed by atoms with Crippen molar-refractivity contribution < 1.29 is 24.2 Å². The average molecular weight is 437 g/mol. The van der Waals surface area contributed by atoms with Gasteiger partial charge in [-0.3, -0.25) is 0 Å². The Hall–Kier alpha value is -2.61. The van der Waals surface area contributed by atoms with Crippen molar-refractivity contribution in [1.29, 1.82) is 0 Å². The van der Waals surface area contributed by atoms with Gasteiger partial charge < -0.3 is 19.9 Å². The van der Waals surface area contributed by atoms with Gasteiger partial charge >= 0.3 is 12.1 Å². The zero-order chi connectivity index (χ0) is 20.0. The second-order valence-corrected chi connectivity index (χ2v) is 7.72. The molecule has 1 aromatic heterocycles. The first-order valence-electron chi connectivity index (χ1n) is 8.23. The molecule has 0 aliphatic carbocycles. The number of pyridine rings is 1. The highest BCUT2D eigenvalue weighted by molar-refractivity contribution is 9.10.